The van der Waals surface area contributed by atoms with Gasteiger partial charge in [0.15, 0.2) is 0 Å². The fourth-order valence-corrected chi connectivity index (χ4v) is 3.96. The summed E-state index contributed by atoms with van der Waals surface area (Å²) in [4.78, 5) is 15.5. The van der Waals surface area contributed by atoms with E-state index in [1.165, 1.54) is 0 Å². The summed E-state index contributed by atoms with van der Waals surface area (Å²) in [5.74, 6) is -0.239. The lowest BCUT2D eigenvalue weighted by molar-refractivity contribution is -0.112. The molecule has 0 atom stereocenters. The number of hydrogen-bond donors (Lipinski definition) is 1. The van der Waals surface area contributed by atoms with E-state index in [9.17, 15) is 15.3 Å². The van der Waals surface area contributed by atoms with Crippen molar-refractivity contribution >= 4 is 11.6 Å². The topological polar surface area (TPSA) is 79.9 Å². The molecule has 2 aliphatic rings. The lowest BCUT2D eigenvalue weighted by Gasteiger charge is -2.38. The van der Waals surface area contributed by atoms with Crippen molar-refractivity contribution in [2.45, 2.75) is 39.5 Å². The molecule has 0 radical (unpaired) electrons. The van der Waals surface area contributed by atoms with Crippen molar-refractivity contribution in [2.75, 3.05) is 18.4 Å². The minimum Gasteiger partial charge on any atom is -0.374 e. The Kier molecular flexibility index (Phi) is 5.33. The number of anilines is 1. The Labute approximate surface area is 160 Å². The Morgan fingerprint density at radius 3 is 2.30 bits per heavy atom. The number of para-hydroxylation sites is 1. The number of rotatable bonds is 3. The molecule has 1 fully saturated rings. The van der Waals surface area contributed by atoms with Gasteiger partial charge in [0.2, 0.25) is 0 Å². The fourth-order valence-electron chi connectivity index (χ4n) is 3.96. The summed E-state index contributed by atoms with van der Waals surface area (Å²) in [7, 11) is 0. The van der Waals surface area contributed by atoms with E-state index in [4.69, 9.17) is 0 Å². The third kappa shape index (κ3) is 4.04. The number of amides is 1. The molecule has 3 rings (SSSR count). The first kappa shape index (κ1) is 18.7. The molecule has 27 heavy (non-hydrogen) atoms. The molecule has 138 valence electrons. The summed E-state index contributed by atoms with van der Waals surface area (Å²) in [5, 5.41) is 21.9. The number of benzene rings is 1. The highest BCUT2D eigenvalue weighted by atomic mass is 16.1. The zero-order valence-electron chi connectivity index (χ0n) is 15.9. The second-order valence-electron chi connectivity index (χ2n) is 7.93. The third-order valence-corrected chi connectivity index (χ3v) is 5.16. The Morgan fingerprint density at radius 1 is 1.07 bits per heavy atom. The van der Waals surface area contributed by atoms with Gasteiger partial charge in [0, 0.05) is 24.5 Å². The van der Waals surface area contributed by atoms with Crippen LogP contribution >= 0.6 is 0 Å². The van der Waals surface area contributed by atoms with Crippen LogP contribution in [0.1, 0.15) is 39.5 Å². The summed E-state index contributed by atoms with van der Waals surface area (Å²) in [6.45, 7) is 6.08. The largest absolute Gasteiger partial charge is 0.374 e. The molecule has 1 aromatic rings. The second-order valence-corrected chi connectivity index (χ2v) is 7.93. The Morgan fingerprint density at radius 2 is 1.70 bits per heavy atom. The number of nitrogens with zero attached hydrogens (tertiary/aromatic N) is 3. The van der Waals surface area contributed by atoms with Crippen molar-refractivity contribution < 1.29 is 4.79 Å². The van der Waals surface area contributed by atoms with Gasteiger partial charge < -0.3 is 10.2 Å². The van der Waals surface area contributed by atoms with Gasteiger partial charge in [-0.05, 0) is 48.8 Å². The molecule has 0 unspecified atom stereocenters. The highest BCUT2D eigenvalue weighted by Crippen LogP contribution is 2.45. The van der Waals surface area contributed by atoms with Crippen molar-refractivity contribution in [2.24, 2.45) is 5.41 Å². The SMILES string of the molecule is CC1(C)CC(=C(C#N)C#N)C(C(=O)Nc2ccccc2)=C(N2CCCC2)C1. The summed E-state index contributed by atoms with van der Waals surface area (Å²) in [6, 6.07) is 13.3. The second kappa shape index (κ2) is 7.68. The summed E-state index contributed by atoms with van der Waals surface area (Å²) in [5.41, 5.74) is 2.69. The number of nitrogens with one attached hydrogen (secondary N) is 1. The van der Waals surface area contributed by atoms with Gasteiger partial charge in [-0.3, -0.25) is 4.79 Å². The molecule has 1 N–H and O–H groups in total. The molecule has 1 aromatic carbocycles. The highest BCUT2D eigenvalue weighted by molar-refractivity contribution is 6.08. The summed E-state index contributed by atoms with van der Waals surface area (Å²) < 4.78 is 0. The number of nitriles is 2. The number of allylic oxidation sites excluding steroid dienone is 2. The summed E-state index contributed by atoms with van der Waals surface area (Å²) >= 11 is 0. The van der Waals surface area contributed by atoms with E-state index < -0.39 is 0 Å². The fraction of sp³-hybridized carbons (Fsp3) is 0.409. The van der Waals surface area contributed by atoms with Gasteiger partial charge in [0.05, 0.1) is 5.57 Å². The lowest BCUT2D eigenvalue weighted by Crippen LogP contribution is -2.34. The number of carbonyl (C=O) groups is 1. The highest BCUT2D eigenvalue weighted by Gasteiger charge is 2.38. The quantitative estimate of drug-likeness (QED) is 0.822. The first-order chi connectivity index (χ1) is 12.9. The molecule has 0 aromatic heterocycles. The van der Waals surface area contributed by atoms with Crippen LogP contribution in [0.2, 0.25) is 0 Å². The first-order valence-electron chi connectivity index (χ1n) is 9.33. The van der Waals surface area contributed by atoms with Crippen LogP contribution < -0.4 is 5.32 Å². The van der Waals surface area contributed by atoms with E-state index in [2.05, 4.69) is 24.1 Å². The van der Waals surface area contributed by atoms with Crippen molar-refractivity contribution in [1.82, 2.24) is 4.90 Å². The molecule has 5 nitrogen and oxygen atoms in total. The van der Waals surface area contributed by atoms with Crippen molar-refractivity contribution in [1.29, 1.82) is 10.5 Å². The predicted octanol–water partition coefficient (Wildman–Crippen LogP) is 4.14. The Bertz CT molecular complexity index is 859. The van der Waals surface area contributed by atoms with E-state index >= 15 is 0 Å². The van der Waals surface area contributed by atoms with E-state index in [0.717, 1.165) is 38.0 Å². The van der Waals surface area contributed by atoms with Crippen LogP contribution in [0.4, 0.5) is 5.69 Å². The van der Waals surface area contributed by atoms with Crippen LogP contribution in [0.3, 0.4) is 0 Å². The first-order valence-corrected chi connectivity index (χ1v) is 9.33. The molecule has 1 aliphatic heterocycles. The van der Waals surface area contributed by atoms with Gasteiger partial charge in [-0.15, -0.1) is 0 Å². The van der Waals surface area contributed by atoms with Crippen LogP contribution in [0.15, 0.2) is 52.7 Å². The van der Waals surface area contributed by atoms with Crippen molar-refractivity contribution in [3.63, 3.8) is 0 Å². The molecule has 5 heteroatoms. The van der Waals surface area contributed by atoms with Gasteiger partial charge in [0.1, 0.15) is 17.7 Å². The molecule has 1 aliphatic carbocycles. The smallest absolute Gasteiger partial charge is 0.257 e. The molecule has 1 saturated heterocycles. The maximum atomic E-state index is 13.2. The molecular weight excluding hydrogens is 336 g/mol. The van der Waals surface area contributed by atoms with Gasteiger partial charge in [-0.2, -0.15) is 10.5 Å². The third-order valence-electron chi connectivity index (χ3n) is 5.16. The maximum absolute atomic E-state index is 13.2. The van der Waals surface area contributed by atoms with E-state index in [-0.39, 0.29) is 16.9 Å². The van der Waals surface area contributed by atoms with Crippen LogP contribution in [0, 0.1) is 28.1 Å². The minimum absolute atomic E-state index is 0.0395. The Balaban J connectivity index is 2.13. The minimum atomic E-state index is -0.239. The average molecular weight is 360 g/mol. The van der Waals surface area contributed by atoms with Gasteiger partial charge in [-0.1, -0.05) is 32.0 Å². The van der Waals surface area contributed by atoms with Crippen LogP contribution in [-0.4, -0.2) is 23.9 Å². The number of likely N-dealkylation sites (tertiary alicyclic amines) is 1. The molecule has 1 heterocycles. The van der Waals surface area contributed by atoms with E-state index in [0.29, 0.717) is 23.3 Å². The zero-order valence-corrected chi connectivity index (χ0v) is 15.9. The standard InChI is InChI=1S/C22H24N4O/c1-22(2)12-18(16(14-23)15-24)20(19(13-22)26-10-6-7-11-26)21(27)25-17-8-4-3-5-9-17/h3-5,8-9H,6-7,10-13H2,1-2H3,(H,25,27). The maximum Gasteiger partial charge on any atom is 0.257 e. The average Bonchev–Trinajstić information content (AvgIpc) is 3.17. The van der Waals surface area contributed by atoms with Gasteiger partial charge in [-0.25, -0.2) is 0 Å². The number of carbonyl (C=O) groups excluding carboxylic acids is 1. The van der Waals surface area contributed by atoms with Gasteiger partial charge >= 0.3 is 0 Å². The monoisotopic (exact) mass is 360 g/mol. The van der Waals surface area contributed by atoms with Crippen molar-refractivity contribution in [3.8, 4) is 12.1 Å². The van der Waals surface area contributed by atoms with E-state index in [1.54, 1.807) is 0 Å². The van der Waals surface area contributed by atoms with Crippen LogP contribution in [-0.2, 0) is 4.79 Å². The van der Waals surface area contributed by atoms with Crippen LogP contribution in [0.5, 0.6) is 0 Å². The number of hydrogen-bond acceptors (Lipinski definition) is 4. The molecule has 1 amide bonds. The van der Waals surface area contributed by atoms with E-state index in [1.807, 2.05) is 42.5 Å². The lowest BCUT2D eigenvalue weighted by atomic mass is 9.72. The normalized spacial score (nSPS) is 18.7. The molecule has 0 spiro atoms. The molecular formula is C22H24N4O. The molecule has 0 saturated carbocycles. The zero-order chi connectivity index (χ0) is 19.4. The van der Waals surface area contributed by atoms with Crippen LogP contribution in [0.25, 0.3) is 0 Å². The molecule has 0 bridgehead atoms. The predicted molar refractivity (Wildman–Crippen MR) is 104 cm³/mol. The van der Waals surface area contributed by atoms with Crippen molar-refractivity contribution in [3.05, 3.63) is 52.7 Å². The summed E-state index contributed by atoms with van der Waals surface area (Å²) in [6.07, 6.45) is 3.50. The van der Waals surface area contributed by atoms with Gasteiger partial charge in [0.25, 0.3) is 5.91 Å². The Hall–Kier alpha value is -3.05.